The van der Waals surface area contributed by atoms with Crippen LogP contribution < -0.4 is 10.6 Å². The van der Waals surface area contributed by atoms with E-state index in [4.69, 9.17) is 0 Å². The minimum Gasteiger partial charge on any atom is -0.342 e. The number of hydrogen-bond donors (Lipinski definition) is 2. The van der Waals surface area contributed by atoms with Crippen molar-refractivity contribution >= 4 is 34.6 Å². The maximum absolute atomic E-state index is 12.7. The van der Waals surface area contributed by atoms with Gasteiger partial charge in [0.15, 0.2) is 0 Å². The average molecular weight is 422 g/mol. The number of hydrogen-bond acceptors (Lipinski definition) is 3. The van der Waals surface area contributed by atoms with Crippen molar-refractivity contribution in [2.24, 2.45) is 0 Å². The van der Waals surface area contributed by atoms with Gasteiger partial charge in [0.1, 0.15) is 6.29 Å². The molecular formula is C27H22N2O3. The smallest absolute Gasteiger partial charge is 0.255 e. The molecule has 5 nitrogen and oxygen atoms in total. The van der Waals surface area contributed by atoms with E-state index in [2.05, 4.69) is 10.6 Å². The van der Waals surface area contributed by atoms with Gasteiger partial charge >= 0.3 is 0 Å². The van der Waals surface area contributed by atoms with E-state index < -0.39 is 6.04 Å². The molecule has 158 valence electrons. The summed E-state index contributed by atoms with van der Waals surface area (Å²) in [4.78, 5) is 36.9. The molecule has 0 unspecified atom stereocenters. The molecule has 0 aliphatic heterocycles. The molecule has 2 N–H and O–H groups in total. The van der Waals surface area contributed by atoms with Crippen molar-refractivity contribution in [1.82, 2.24) is 5.32 Å². The lowest BCUT2D eigenvalue weighted by Gasteiger charge is -2.14. The third-order valence-electron chi connectivity index (χ3n) is 5.17. The summed E-state index contributed by atoms with van der Waals surface area (Å²) >= 11 is 0. The number of amides is 2. The van der Waals surface area contributed by atoms with Crippen LogP contribution in [0.5, 0.6) is 0 Å². The molecule has 2 amide bonds. The fourth-order valence-electron chi connectivity index (χ4n) is 3.52. The Kier molecular flexibility index (Phi) is 6.37. The highest BCUT2D eigenvalue weighted by Gasteiger charge is 2.15. The predicted octanol–water partition coefficient (Wildman–Crippen LogP) is 4.63. The molecular weight excluding hydrogens is 400 g/mol. The van der Waals surface area contributed by atoms with Crippen molar-refractivity contribution in [3.05, 3.63) is 114 Å². The lowest BCUT2D eigenvalue weighted by molar-refractivity contribution is -0.109. The van der Waals surface area contributed by atoms with Crippen molar-refractivity contribution in [3.63, 3.8) is 0 Å². The summed E-state index contributed by atoms with van der Waals surface area (Å²) in [5, 5.41) is 7.62. The Morgan fingerprint density at radius 1 is 0.719 bits per heavy atom. The molecule has 5 heteroatoms. The lowest BCUT2D eigenvalue weighted by Crippen LogP contribution is -2.37. The Morgan fingerprint density at radius 2 is 1.44 bits per heavy atom. The van der Waals surface area contributed by atoms with Gasteiger partial charge in [-0.3, -0.25) is 9.59 Å². The Labute approximate surface area is 186 Å². The number of rotatable bonds is 7. The van der Waals surface area contributed by atoms with E-state index >= 15 is 0 Å². The third kappa shape index (κ3) is 5.08. The van der Waals surface area contributed by atoms with Crippen LogP contribution in [0.15, 0.2) is 97.1 Å². The molecule has 0 aliphatic carbocycles. The Morgan fingerprint density at radius 3 is 2.22 bits per heavy atom. The van der Waals surface area contributed by atoms with Crippen LogP contribution in [0.1, 0.15) is 26.3 Å². The van der Waals surface area contributed by atoms with Gasteiger partial charge in [0.05, 0.1) is 6.04 Å². The van der Waals surface area contributed by atoms with Crippen LogP contribution >= 0.6 is 0 Å². The van der Waals surface area contributed by atoms with E-state index in [0.717, 1.165) is 22.6 Å². The number of nitrogens with one attached hydrogen (secondary N) is 2. The summed E-state index contributed by atoms with van der Waals surface area (Å²) in [7, 11) is 0. The van der Waals surface area contributed by atoms with Gasteiger partial charge in [0, 0.05) is 16.8 Å². The molecule has 4 aromatic carbocycles. The molecule has 0 aliphatic rings. The molecule has 0 aromatic heterocycles. The van der Waals surface area contributed by atoms with Gasteiger partial charge in [-0.1, -0.05) is 66.7 Å². The second kappa shape index (κ2) is 9.71. The van der Waals surface area contributed by atoms with Gasteiger partial charge in [-0.15, -0.1) is 0 Å². The summed E-state index contributed by atoms with van der Waals surface area (Å²) < 4.78 is 0. The lowest BCUT2D eigenvalue weighted by atomic mass is 10.1. The van der Waals surface area contributed by atoms with Crippen LogP contribution in [0.3, 0.4) is 0 Å². The molecule has 0 fully saturated rings. The first-order chi connectivity index (χ1) is 15.6. The zero-order chi connectivity index (χ0) is 22.3. The molecule has 4 rings (SSSR count). The van der Waals surface area contributed by atoms with Gasteiger partial charge in [-0.2, -0.15) is 0 Å². The predicted molar refractivity (Wildman–Crippen MR) is 126 cm³/mol. The van der Waals surface area contributed by atoms with Gasteiger partial charge in [0.25, 0.3) is 11.8 Å². The first kappa shape index (κ1) is 21.0. The number of carbonyl (C=O) groups excluding carboxylic acids is 3. The molecule has 0 radical (unpaired) electrons. The summed E-state index contributed by atoms with van der Waals surface area (Å²) in [5.41, 5.74) is 2.35. The number of carbonyl (C=O) groups is 3. The van der Waals surface area contributed by atoms with Crippen molar-refractivity contribution < 1.29 is 14.4 Å². The second-order valence-corrected chi connectivity index (χ2v) is 7.50. The van der Waals surface area contributed by atoms with Gasteiger partial charge in [0.2, 0.25) is 0 Å². The fraction of sp³-hybridized carbons (Fsp3) is 0.0741. The maximum atomic E-state index is 12.7. The van der Waals surface area contributed by atoms with Crippen molar-refractivity contribution in [1.29, 1.82) is 0 Å². The van der Waals surface area contributed by atoms with Crippen LogP contribution in [0.25, 0.3) is 10.8 Å². The first-order valence-electron chi connectivity index (χ1n) is 10.3. The zero-order valence-electron chi connectivity index (χ0n) is 17.3. The summed E-state index contributed by atoms with van der Waals surface area (Å²) in [6.07, 6.45) is 1.14. The minimum absolute atomic E-state index is 0.261. The van der Waals surface area contributed by atoms with E-state index in [1.807, 2.05) is 66.7 Å². The average Bonchev–Trinajstić information content (AvgIpc) is 2.84. The highest BCUT2D eigenvalue weighted by Crippen LogP contribution is 2.18. The standard InChI is InChI=1S/C27H22N2O3/c30-18-25(15-19-7-2-1-3-8-19)29-26(31)22-11-6-12-24(17-22)28-27(32)23-14-13-20-9-4-5-10-21(20)16-23/h1-14,16-18,25H,15H2,(H,28,32)(H,29,31)/t25-/m0/s1. The Hall–Kier alpha value is -4.25. The molecule has 4 aromatic rings. The molecule has 1 atom stereocenters. The number of fused-ring (bicyclic) bond motifs is 1. The number of aldehydes is 1. The molecule has 0 heterocycles. The molecule has 32 heavy (non-hydrogen) atoms. The van der Waals surface area contributed by atoms with Crippen molar-refractivity contribution in [3.8, 4) is 0 Å². The normalized spacial score (nSPS) is 11.5. The fourth-order valence-corrected chi connectivity index (χ4v) is 3.52. The summed E-state index contributed by atoms with van der Waals surface area (Å²) in [5.74, 6) is -0.636. The van der Waals surface area contributed by atoms with E-state index in [0.29, 0.717) is 23.2 Å². The quantitative estimate of drug-likeness (QED) is 0.426. The van der Waals surface area contributed by atoms with Crippen LogP contribution in [0.2, 0.25) is 0 Å². The molecule has 0 saturated heterocycles. The second-order valence-electron chi connectivity index (χ2n) is 7.50. The number of benzene rings is 4. The van der Waals surface area contributed by atoms with Gasteiger partial charge in [-0.25, -0.2) is 0 Å². The van der Waals surface area contributed by atoms with Gasteiger partial charge in [-0.05, 0) is 53.1 Å². The zero-order valence-corrected chi connectivity index (χ0v) is 17.3. The highest BCUT2D eigenvalue weighted by molar-refractivity contribution is 6.07. The van der Waals surface area contributed by atoms with E-state index in [1.54, 1.807) is 30.3 Å². The van der Waals surface area contributed by atoms with Crippen molar-refractivity contribution in [2.75, 3.05) is 5.32 Å². The largest absolute Gasteiger partial charge is 0.342 e. The molecule has 0 spiro atoms. The summed E-state index contributed by atoms with van der Waals surface area (Å²) in [6, 6.07) is 28.8. The maximum Gasteiger partial charge on any atom is 0.255 e. The van der Waals surface area contributed by atoms with E-state index in [-0.39, 0.29) is 11.8 Å². The van der Waals surface area contributed by atoms with Crippen LogP contribution in [-0.4, -0.2) is 24.1 Å². The van der Waals surface area contributed by atoms with Crippen LogP contribution in [-0.2, 0) is 11.2 Å². The molecule has 0 bridgehead atoms. The first-order valence-corrected chi connectivity index (χ1v) is 10.3. The van der Waals surface area contributed by atoms with E-state index in [9.17, 15) is 14.4 Å². The minimum atomic E-state index is -0.638. The van der Waals surface area contributed by atoms with Crippen molar-refractivity contribution in [2.45, 2.75) is 12.5 Å². The highest BCUT2D eigenvalue weighted by atomic mass is 16.2. The monoisotopic (exact) mass is 422 g/mol. The Balaban J connectivity index is 1.44. The topological polar surface area (TPSA) is 75.3 Å². The SMILES string of the molecule is O=C[C@H](Cc1ccccc1)NC(=O)c1cccc(NC(=O)c2ccc3ccccc3c2)c1. The number of anilines is 1. The van der Waals surface area contributed by atoms with Gasteiger partial charge < -0.3 is 15.4 Å². The molecule has 0 saturated carbocycles. The van der Waals surface area contributed by atoms with E-state index in [1.165, 1.54) is 0 Å². The summed E-state index contributed by atoms with van der Waals surface area (Å²) in [6.45, 7) is 0. The Bertz CT molecular complexity index is 1270. The van der Waals surface area contributed by atoms with Crippen LogP contribution in [0.4, 0.5) is 5.69 Å². The third-order valence-corrected chi connectivity index (χ3v) is 5.17. The van der Waals surface area contributed by atoms with Crippen LogP contribution in [0, 0.1) is 0 Å².